The van der Waals surface area contributed by atoms with Crippen LogP contribution in [0.25, 0.3) is 0 Å². The number of benzene rings is 1. The van der Waals surface area contributed by atoms with Gasteiger partial charge < -0.3 is 5.73 Å². The summed E-state index contributed by atoms with van der Waals surface area (Å²) in [5.41, 5.74) is 5.22. The van der Waals surface area contributed by atoms with Crippen LogP contribution in [0.15, 0.2) is 29.2 Å². The molecule has 0 aliphatic carbocycles. The van der Waals surface area contributed by atoms with Crippen molar-refractivity contribution in [1.82, 2.24) is 4.72 Å². The second-order valence-corrected chi connectivity index (χ2v) is 4.71. The fourth-order valence-electron chi connectivity index (χ4n) is 1.05. The maximum atomic E-state index is 13.2. The van der Waals surface area contributed by atoms with Crippen LogP contribution in [0.4, 0.5) is 4.39 Å². The number of sulfonamides is 1. The van der Waals surface area contributed by atoms with Crippen LogP contribution in [0.1, 0.15) is 6.42 Å². The van der Waals surface area contributed by atoms with Crippen molar-refractivity contribution in [3.63, 3.8) is 0 Å². The van der Waals surface area contributed by atoms with Gasteiger partial charge in [0, 0.05) is 6.54 Å². The van der Waals surface area contributed by atoms with Crippen molar-refractivity contribution in [2.45, 2.75) is 11.3 Å². The van der Waals surface area contributed by atoms with E-state index in [9.17, 15) is 12.8 Å². The summed E-state index contributed by atoms with van der Waals surface area (Å²) in [6.07, 6.45) is 0.522. The summed E-state index contributed by atoms with van der Waals surface area (Å²) in [5, 5.41) is 0. The third kappa shape index (κ3) is 4.05. The van der Waals surface area contributed by atoms with E-state index >= 15 is 0 Å². The number of halogens is 2. The van der Waals surface area contributed by atoms with E-state index in [2.05, 4.69) is 4.72 Å². The fourth-order valence-corrected chi connectivity index (χ4v) is 2.20. The van der Waals surface area contributed by atoms with Crippen LogP contribution in [0, 0.1) is 5.82 Å². The van der Waals surface area contributed by atoms with Crippen LogP contribution in [0.5, 0.6) is 0 Å². The molecule has 0 aliphatic heterocycles. The summed E-state index contributed by atoms with van der Waals surface area (Å²) in [6, 6.07) is 5.24. The van der Waals surface area contributed by atoms with Crippen molar-refractivity contribution < 1.29 is 12.8 Å². The number of nitrogens with two attached hydrogens (primary N) is 1. The molecule has 0 saturated heterocycles. The molecule has 0 heterocycles. The number of hydrogen-bond acceptors (Lipinski definition) is 3. The van der Waals surface area contributed by atoms with E-state index in [0.717, 1.165) is 6.07 Å². The number of nitrogens with one attached hydrogen (secondary N) is 1. The summed E-state index contributed by atoms with van der Waals surface area (Å²) >= 11 is 0. The van der Waals surface area contributed by atoms with Gasteiger partial charge in [0.25, 0.3) is 0 Å². The zero-order chi connectivity index (χ0) is 11.3. The first-order chi connectivity index (χ1) is 7.08. The van der Waals surface area contributed by atoms with E-state index in [-0.39, 0.29) is 23.8 Å². The highest BCUT2D eigenvalue weighted by Crippen LogP contribution is 2.12. The first-order valence-electron chi connectivity index (χ1n) is 4.52. The monoisotopic (exact) mass is 268 g/mol. The van der Waals surface area contributed by atoms with Gasteiger partial charge in [0.05, 0.1) is 0 Å². The van der Waals surface area contributed by atoms with Crippen molar-refractivity contribution >= 4 is 22.4 Å². The van der Waals surface area contributed by atoms with Crippen molar-refractivity contribution in [2.24, 2.45) is 5.73 Å². The number of rotatable bonds is 5. The zero-order valence-electron chi connectivity index (χ0n) is 8.52. The molecule has 0 radical (unpaired) electrons. The molecule has 0 aromatic heterocycles. The summed E-state index contributed by atoms with van der Waals surface area (Å²) < 4.78 is 38.5. The molecule has 1 aromatic rings. The summed E-state index contributed by atoms with van der Waals surface area (Å²) in [5.74, 6) is -0.752. The van der Waals surface area contributed by atoms with Gasteiger partial charge in [-0.1, -0.05) is 12.1 Å². The molecule has 16 heavy (non-hydrogen) atoms. The summed E-state index contributed by atoms with van der Waals surface area (Å²) in [7, 11) is -3.74. The van der Waals surface area contributed by atoms with Gasteiger partial charge in [-0.15, -0.1) is 12.4 Å². The molecule has 0 atom stereocenters. The Morgan fingerprint density at radius 3 is 2.50 bits per heavy atom. The lowest BCUT2D eigenvalue weighted by Gasteiger charge is -2.06. The molecule has 92 valence electrons. The largest absolute Gasteiger partial charge is 0.330 e. The standard InChI is InChI=1S/C9H13FN2O2S.ClH/c10-8-4-1-2-5-9(8)15(13,14)12-7-3-6-11;/h1-2,4-5,12H,3,6-7,11H2;1H. The van der Waals surface area contributed by atoms with Gasteiger partial charge >= 0.3 is 0 Å². The molecule has 1 rings (SSSR count). The van der Waals surface area contributed by atoms with E-state index in [0.29, 0.717) is 13.0 Å². The Labute approximate surface area is 100 Å². The molecular weight excluding hydrogens is 255 g/mol. The average Bonchev–Trinajstić information content (AvgIpc) is 2.18. The van der Waals surface area contributed by atoms with Crippen LogP contribution in [0.3, 0.4) is 0 Å². The third-order valence-corrected chi connectivity index (χ3v) is 3.29. The first kappa shape index (κ1) is 15.3. The van der Waals surface area contributed by atoms with E-state index in [1.54, 1.807) is 0 Å². The lowest BCUT2D eigenvalue weighted by Crippen LogP contribution is -2.26. The van der Waals surface area contributed by atoms with Gasteiger partial charge in [-0.05, 0) is 25.1 Å². The smallest absolute Gasteiger partial charge is 0.243 e. The quantitative estimate of drug-likeness (QED) is 0.779. The van der Waals surface area contributed by atoms with Crippen molar-refractivity contribution in [3.05, 3.63) is 30.1 Å². The van der Waals surface area contributed by atoms with Gasteiger partial charge in [-0.3, -0.25) is 0 Å². The van der Waals surface area contributed by atoms with Gasteiger partial charge in [0.1, 0.15) is 10.7 Å². The molecule has 0 saturated carbocycles. The molecule has 0 amide bonds. The number of hydrogen-bond donors (Lipinski definition) is 2. The van der Waals surface area contributed by atoms with Crippen molar-refractivity contribution in [3.8, 4) is 0 Å². The predicted octanol–water partition coefficient (Wildman–Crippen LogP) is 0.875. The van der Waals surface area contributed by atoms with Crippen LogP contribution in [0.2, 0.25) is 0 Å². The summed E-state index contributed by atoms with van der Waals surface area (Å²) in [6.45, 7) is 0.604. The van der Waals surface area contributed by atoms with E-state index in [4.69, 9.17) is 5.73 Å². The molecule has 0 aliphatic rings. The third-order valence-electron chi connectivity index (χ3n) is 1.80. The van der Waals surface area contributed by atoms with Crippen LogP contribution >= 0.6 is 12.4 Å². The molecule has 0 bridgehead atoms. The molecule has 0 unspecified atom stereocenters. The van der Waals surface area contributed by atoms with Gasteiger partial charge in [-0.2, -0.15) is 0 Å². The van der Waals surface area contributed by atoms with Crippen LogP contribution in [-0.4, -0.2) is 21.5 Å². The average molecular weight is 269 g/mol. The van der Waals surface area contributed by atoms with E-state index in [1.807, 2.05) is 0 Å². The Morgan fingerprint density at radius 2 is 1.94 bits per heavy atom. The minimum Gasteiger partial charge on any atom is -0.330 e. The Bertz CT molecular complexity index is 425. The zero-order valence-corrected chi connectivity index (χ0v) is 10.2. The topological polar surface area (TPSA) is 72.2 Å². The summed E-state index contributed by atoms with van der Waals surface area (Å²) in [4.78, 5) is -0.331. The predicted molar refractivity (Wildman–Crippen MR) is 62.5 cm³/mol. The maximum absolute atomic E-state index is 13.2. The lowest BCUT2D eigenvalue weighted by atomic mass is 10.4. The normalized spacial score (nSPS) is 10.9. The molecule has 7 heteroatoms. The first-order valence-corrected chi connectivity index (χ1v) is 6.00. The lowest BCUT2D eigenvalue weighted by molar-refractivity contribution is 0.556. The molecular formula is C9H14ClFN2O2S. The minimum absolute atomic E-state index is 0. The molecule has 0 spiro atoms. The van der Waals surface area contributed by atoms with E-state index < -0.39 is 15.8 Å². The van der Waals surface area contributed by atoms with Crippen molar-refractivity contribution in [2.75, 3.05) is 13.1 Å². The van der Waals surface area contributed by atoms with E-state index in [1.165, 1.54) is 18.2 Å². The Morgan fingerprint density at radius 1 is 1.31 bits per heavy atom. The highest BCUT2D eigenvalue weighted by Gasteiger charge is 2.16. The fraction of sp³-hybridized carbons (Fsp3) is 0.333. The van der Waals surface area contributed by atoms with Crippen LogP contribution < -0.4 is 10.5 Å². The minimum atomic E-state index is -3.74. The van der Waals surface area contributed by atoms with Gasteiger partial charge in [-0.25, -0.2) is 17.5 Å². The molecule has 4 nitrogen and oxygen atoms in total. The van der Waals surface area contributed by atoms with Crippen LogP contribution in [-0.2, 0) is 10.0 Å². The van der Waals surface area contributed by atoms with Gasteiger partial charge in [0.2, 0.25) is 10.0 Å². The SMILES string of the molecule is Cl.NCCCNS(=O)(=O)c1ccccc1F. The molecule has 0 fully saturated rings. The highest BCUT2D eigenvalue weighted by molar-refractivity contribution is 7.89. The Kier molecular flexibility index (Phi) is 6.51. The van der Waals surface area contributed by atoms with Crippen molar-refractivity contribution in [1.29, 1.82) is 0 Å². The second-order valence-electron chi connectivity index (χ2n) is 2.97. The molecule has 3 N–H and O–H groups in total. The maximum Gasteiger partial charge on any atom is 0.243 e. The Balaban J connectivity index is 0.00000225. The Hall–Kier alpha value is -0.690. The molecule has 1 aromatic carbocycles. The van der Waals surface area contributed by atoms with Gasteiger partial charge in [0.15, 0.2) is 0 Å². The second kappa shape index (κ2) is 6.80. The highest BCUT2D eigenvalue weighted by atomic mass is 35.5.